The Balaban J connectivity index is 1.56. The van der Waals surface area contributed by atoms with Gasteiger partial charge in [-0.25, -0.2) is 4.98 Å². The van der Waals surface area contributed by atoms with Crippen molar-refractivity contribution in [2.75, 3.05) is 13.3 Å². The van der Waals surface area contributed by atoms with E-state index in [0.717, 1.165) is 35.1 Å². The maximum Gasteiger partial charge on any atom is 0.135 e. The van der Waals surface area contributed by atoms with Crippen LogP contribution in [0, 0.1) is 6.92 Å². The summed E-state index contributed by atoms with van der Waals surface area (Å²) in [6.07, 6.45) is -0.0291. The van der Waals surface area contributed by atoms with Gasteiger partial charge in [-0.1, -0.05) is 60.1 Å². The molecule has 3 aromatic rings. The molecule has 0 radical (unpaired) electrons. The summed E-state index contributed by atoms with van der Waals surface area (Å²) in [5, 5.41) is 1.66. The molecule has 1 unspecified atom stereocenters. The zero-order valence-corrected chi connectivity index (χ0v) is 14.3. The van der Waals surface area contributed by atoms with E-state index >= 15 is 0 Å². The smallest absolute Gasteiger partial charge is 0.135 e. The van der Waals surface area contributed by atoms with E-state index in [-0.39, 0.29) is 6.10 Å². The van der Waals surface area contributed by atoms with Gasteiger partial charge in [0.2, 0.25) is 0 Å². The number of nitrogens with zero attached hydrogens (tertiary/aromatic N) is 2. The van der Waals surface area contributed by atoms with Crippen molar-refractivity contribution in [3.63, 3.8) is 0 Å². The first-order valence-corrected chi connectivity index (χ1v) is 8.52. The Morgan fingerprint density at radius 1 is 1.17 bits per heavy atom. The monoisotopic (exact) mass is 338 g/mol. The maximum absolute atomic E-state index is 6.45. The van der Waals surface area contributed by atoms with Gasteiger partial charge in [0.25, 0.3) is 0 Å². The Labute approximate surface area is 146 Å². The number of pyridine rings is 1. The van der Waals surface area contributed by atoms with Gasteiger partial charge in [-0.2, -0.15) is 0 Å². The molecule has 24 heavy (non-hydrogen) atoms. The Morgan fingerprint density at radius 2 is 2.00 bits per heavy atom. The van der Waals surface area contributed by atoms with Gasteiger partial charge in [0.1, 0.15) is 11.9 Å². The number of aromatic nitrogens is 1. The SMILES string of the molecule is Cc1cccc2cc(C3CN(Cc4ccccc4)CO3)c(Cl)nc12. The summed E-state index contributed by atoms with van der Waals surface area (Å²) in [7, 11) is 0. The van der Waals surface area contributed by atoms with Gasteiger partial charge in [0.05, 0.1) is 11.6 Å². The van der Waals surface area contributed by atoms with Crippen molar-refractivity contribution in [2.45, 2.75) is 19.6 Å². The lowest BCUT2D eigenvalue weighted by molar-refractivity contribution is 0.0880. The molecule has 0 spiro atoms. The molecule has 1 atom stereocenters. The van der Waals surface area contributed by atoms with Crippen LogP contribution in [-0.2, 0) is 11.3 Å². The predicted molar refractivity (Wildman–Crippen MR) is 97.0 cm³/mol. The van der Waals surface area contributed by atoms with Crippen LogP contribution in [0.2, 0.25) is 5.15 Å². The number of fused-ring (bicyclic) bond motifs is 1. The van der Waals surface area contributed by atoms with Crippen molar-refractivity contribution in [3.05, 3.63) is 76.4 Å². The average molecular weight is 339 g/mol. The first kappa shape index (κ1) is 15.6. The van der Waals surface area contributed by atoms with E-state index in [9.17, 15) is 0 Å². The first-order chi connectivity index (χ1) is 11.7. The quantitative estimate of drug-likeness (QED) is 0.646. The third-order valence-corrected chi connectivity index (χ3v) is 4.81. The highest BCUT2D eigenvalue weighted by Crippen LogP contribution is 2.32. The van der Waals surface area contributed by atoms with Crippen LogP contribution in [0.4, 0.5) is 0 Å². The highest BCUT2D eigenvalue weighted by atomic mass is 35.5. The summed E-state index contributed by atoms with van der Waals surface area (Å²) in [5.74, 6) is 0. The topological polar surface area (TPSA) is 25.4 Å². The minimum atomic E-state index is -0.0291. The van der Waals surface area contributed by atoms with E-state index in [1.54, 1.807) is 0 Å². The molecule has 0 amide bonds. The minimum Gasteiger partial charge on any atom is -0.357 e. The Bertz CT molecular complexity index is 866. The summed E-state index contributed by atoms with van der Waals surface area (Å²) in [4.78, 5) is 6.88. The van der Waals surface area contributed by atoms with Crippen LogP contribution in [0.1, 0.15) is 22.8 Å². The molecule has 0 aliphatic carbocycles. The maximum atomic E-state index is 6.45. The summed E-state index contributed by atoms with van der Waals surface area (Å²) in [6.45, 7) is 4.38. The van der Waals surface area contributed by atoms with Gasteiger partial charge in [0, 0.05) is 24.0 Å². The highest BCUT2D eigenvalue weighted by molar-refractivity contribution is 6.30. The van der Waals surface area contributed by atoms with E-state index in [0.29, 0.717) is 11.9 Å². The standard InChI is InChI=1S/C20H19ClN2O/c1-14-6-5-9-16-10-17(20(21)22-19(14)16)18-12-23(13-24-18)11-15-7-3-2-4-8-15/h2-10,18H,11-13H2,1H3. The summed E-state index contributed by atoms with van der Waals surface area (Å²) >= 11 is 6.45. The van der Waals surface area contributed by atoms with Crippen molar-refractivity contribution in [2.24, 2.45) is 0 Å². The van der Waals surface area contributed by atoms with Crippen molar-refractivity contribution in [1.82, 2.24) is 9.88 Å². The van der Waals surface area contributed by atoms with Crippen molar-refractivity contribution in [3.8, 4) is 0 Å². The van der Waals surface area contributed by atoms with Crippen LogP contribution in [0.3, 0.4) is 0 Å². The van der Waals surface area contributed by atoms with E-state index < -0.39 is 0 Å². The molecule has 1 aliphatic rings. The van der Waals surface area contributed by atoms with Crippen LogP contribution >= 0.6 is 11.6 Å². The van der Waals surface area contributed by atoms with Gasteiger partial charge in [0.15, 0.2) is 0 Å². The van der Waals surface area contributed by atoms with Crippen LogP contribution in [-0.4, -0.2) is 23.2 Å². The zero-order valence-electron chi connectivity index (χ0n) is 13.6. The second-order valence-electron chi connectivity index (χ2n) is 6.30. The van der Waals surface area contributed by atoms with E-state index in [1.165, 1.54) is 5.56 Å². The number of rotatable bonds is 3. The molecule has 1 fully saturated rings. The first-order valence-electron chi connectivity index (χ1n) is 8.14. The summed E-state index contributed by atoms with van der Waals surface area (Å²) < 4.78 is 5.99. The lowest BCUT2D eigenvalue weighted by Crippen LogP contribution is -2.19. The molecule has 0 saturated carbocycles. The molecule has 2 aromatic carbocycles. The zero-order chi connectivity index (χ0) is 16.5. The second kappa shape index (κ2) is 6.52. The third-order valence-electron chi connectivity index (χ3n) is 4.51. The van der Waals surface area contributed by atoms with Gasteiger partial charge in [-0.15, -0.1) is 0 Å². The molecule has 1 aliphatic heterocycles. The lowest BCUT2D eigenvalue weighted by Gasteiger charge is -2.15. The van der Waals surface area contributed by atoms with Gasteiger partial charge < -0.3 is 4.74 Å². The number of hydrogen-bond donors (Lipinski definition) is 0. The van der Waals surface area contributed by atoms with E-state index in [2.05, 4.69) is 59.3 Å². The van der Waals surface area contributed by atoms with Crippen LogP contribution < -0.4 is 0 Å². The van der Waals surface area contributed by atoms with Gasteiger partial charge >= 0.3 is 0 Å². The molecule has 4 rings (SSSR count). The van der Waals surface area contributed by atoms with Crippen LogP contribution in [0.5, 0.6) is 0 Å². The second-order valence-corrected chi connectivity index (χ2v) is 6.65. The largest absolute Gasteiger partial charge is 0.357 e. The molecule has 3 nitrogen and oxygen atoms in total. The summed E-state index contributed by atoms with van der Waals surface area (Å²) in [5.41, 5.74) is 4.37. The van der Waals surface area contributed by atoms with Crippen LogP contribution in [0.15, 0.2) is 54.6 Å². The number of aryl methyl sites for hydroxylation is 1. The molecular formula is C20H19ClN2O. The number of ether oxygens (including phenoxy) is 1. The fourth-order valence-corrected chi connectivity index (χ4v) is 3.50. The molecule has 4 heteroatoms. The average Bonchev–Trinajstić information content (AvgIpc) is 3.04. The van der Waals surface area contributed by atoms with E-state index in [4.69, 9.17) is 16.3 Å². The normalized spacial score (nSPS) is 18.3. The number of hydrogen-bond acceptors (Lipinski definition) is 3. The molecule has 1 saturated heterocycles. The van der Waals surface area contributed by atoms with Crippen molar-refractivity contribution in [1.29, 1.82) is 0 Å². The number of halogens is 1. The Hall–Kier alpha value is -1.94. The number of benzene rings is 2. The fourth-order valence-electron chi connectivity index (χ4n) is 3.24. The van der Waals surface area contributed by atoms with Crippen molar-refractivity contribution < 1.29 is 4.74 Å². The summed E-state index contributed by atoms with van der Waals surface area (Å²) in [6, 6.07) is 18.7. The van der Waals surface area contributed by atoms with Crippen molar-refractivity contribution >= 4 is 22.5 Å². The lowest BCUT2D eigenvalue weighted by atomic mass is 10.1. The molecule has 1 aromatic heterocycles. The Kier molecular flexibility index (Phi) is 4.23. The Morgan fingerprint density at radius 3 is 2.83 bits per heavy atom. The minimum absolute atomic E-state index is 0.0291. The molecular weight excluding hydrogens is 320 g/mol. The fraction of sp³-hybridized carbons (Fsp3) is 0.250. The third kappa shape index (κ3) is 3.03. The molecule has 122 valence electrons. The van der Waals surface area contributed by atoms with Gasteiger partial charge in [-0.05, 0) is 24.1 Å². The number of para-hydroxylation sites is 1. The molecule has 2 heterocycles. The van der Waals surface area contributed by atoms with Gasteiger partial charge in [-0.3, -0.25) is 4.90 Å². The van der Waals surface area contributed by atoms with Crippen LogP contribution in [0.25, 0.3) is 10.9 Å². The van der Waals surface area contributed by atoms with E-state index in [1.807, 2.05) is 12.1 Å². The molecule has 0 bridgehead atoms. The molecule has 0 N–H and O–H groups in total. The highest BCUT2D eigenvalue weighted by Gasteiger charge is 2.27. The predicted octanol–water partition coefficient (Wildman–Crippen LogP) is 4.73.